The number of nitrogens with zero attached hydrogens (tertiary/aromatic N) is 1. The van der Waals surface area contributed by atoms with Crippen LogP contribution in [-0.4, -0.2) is 9.97 Å². The van der Waals surface area contributed by atoms with Crippen LogP contribution >= 0.6 is 0 Å². The highest BCUT2D eigenvalue weighted by Gasteiger charge is 2.08. The van der Waals surface area contributed by atoms with Gasteiger partial charge in [0.25, 0.3) is 0 Å². The average molecular weight is 241 g/mol. The summed E-state index contributed by atoms with van der Waals surface area (Å²) in [7, 11) is 0. The molecule has 0 amide bonds. The Morgan fingerprint density at radius 3 is 3.06 bits per heavy atom. The standard InChI is InChI=1S/C14H15N3O/c1-10(14-15-6-7-16-14)17-9-12-8-11-4-2-3-5-13(11)18-12/h2-8,10,17H,9H2,1H3,(H,15,16). The lowest BCUT2D eigenvalue weighted by atomic mass is 10.2. The fourth-order valence-corrected chi connectivity index (χ4v) is 1.99. The van der Waals surface area contributed by atoms with Crippen LogP contribution < -0.4 is 5.32 Å². The molecule has 18 heavy (non-hydrogen) atoms. The quantitative estimate of drug-likeness (QED) is 0.738. The minimum Gasteiger partial charge on any atom is -0.460 e. The molecule has 3 rings (SSSR count). The van der Waals surface area contributed by atoms with E-state index in [0.29, 0.717) is 6.54 Å². The first-order chi connectivity index (χ1) is 8.83. The molecule has 0 aliphatic carbocycles. The predicted octanol–water partition coefficient (Wildman–Crippen LogP) is 3.01. The Kier molecular flexibility index (Phi) is 2.86. The maximum atomic E-state index is 5.74. The van der Waals surface area contributed by atoms with Gasteiger partial charge in [0.2, 0.25) is 0 Å². The summed E-state index contributed by atoms with van der Waals surface area (Å²) in [6.07, 6.45) is 3.59. The third-order valence-corrected chi connectivity index (χ3v) is 2.99. The van der Waals surface area contributed by atoms with Crippen molar-refractivity contribution >= 4 is 11.0 Å². The SMILES string of the molecule is CC(NCc1cc2ccccc2o1)c1ncc[nH]1. The Labute approximate surface area is 105 Å². The van der Waals surface area contributed by atoms with E-state index in [1.807, 2.05) is 24.4 Å². The summed E-state index contributed by atoms with van der Waals surface area (Å²) in [5, 5.41) is 4.51. The monoisotopic (exact) mass is 241 g/mol. The molecule has 0 aliphatic heterocycles. The van der Waals surface area contributed by atoms with Gasteiger partial charge in [0.15, 0.2) is 0 Å². The van der Waals surface area contributed by atoms with E-state index >= 15 is 0 Å². The molecule has 1 atom stereocenters. The fraction of sp³-hybridized carbons (Fsp3) is 0.214. The lowest BCUT2D eigenvalue weighted by molar-refractivity contribution is 0.474. The molecule has 4 nitrogen and oxygen atoms in total. The minimum absolute atomic E-state index is 0.174. The van der Waals surface area contributed by atoms with Crippen LogP contribution in [0, 0.1) is 0 Å². The smallest absolute Gasteiger partial charge is 0.134 e. The zero-order valence-electron chi connectivity index (χ0n) is 10.2. The third-order valence-electron chi connectivity index (χ3n) is 2.99. The second-order valence-electron chi connectivity index (χ2n) is 4.33. The molecular formula is C14H15N3O. The summed E-state index contributed by atoms with van der Waals surface area (Å²) < 4.78 is 5.74. The van der Waals surface area contributed by atoms with E-state index in [2.05, 4.69) is 34.3 Å². The Bertz CT molecular complexity index is 594. The van der Waals surface area contributed by atoms with Gasteiger partial charge in [-0.25, -0.2) is 4.98 Å². The maximum Gasteiger partial charge on any atom is 0.134 e. The maximum absolute atomic E-state index is 5.74. The lowest BCUT2D eigenvalue weighted by Crippen LogP contribution is -2.18. The Hall–Kier alpha value is -2.07. The van der Waals surface area contributed by atoms with E-state index in [1.54, 1.807) is 6.20 Å². The molecule has 2 aromatic heterocycles. The number of H-pyrrole nitrogens is 1. The first kappa shape index (κ1) is 11.0. The molecule has 4 heteroatoms. The second kappa shape index (κ2) is 4.66. The molecule has 3 aromatic rings. The molecule has 2 heterocycles. The molecule has 0 saturated heterocycles. The van der Waals surface area contributed by atoms with Crippen molar-refractivity contribution in [3.63, 3.8) is 0 Å². The van der Waals surface area contributed by atoms with Gasteiger partial charge in [0, 0.05) is 17.8 Å². The highest BCUT2D eigenvalue weighted by molar-refractivity contribution is 5.77. The van der Waals surface area contributed by atoms with Crippen molar-refractivity contribution in [3.05, 3.63) is 54.3 Å². The fourth-order valence-electron chi connectivity index (χ4n) is 1.99. The van der Waals surface area contributed by atoms with E-state index in [1.165, 1.54) is 0 Å². The van der Waals surface area contributed by atoms with E-state index in [-0.39, 0.29) is 6.04 Å². The highest BCUT2D eigenvalue weighted by atomic mass is 16.3. The van der Waals surface area contributed by atoms with Crippen LogP contribution in [0.1, 0.15) is 24.6 Å². The van der Waals surface area contributed by atoms with Crippen molar-refractivity contribution in [2.24, 2.45) is 0 Å². The number of fused-ring (bicyclic) bond motifs is 1. The van der Waals surface area contributed by atoms with Crippen LogP contribution in [0.15, 0.2) is 47.1 Å². The van der Waals surface area contributed by atoms with Gasteiger partial charge in [-0.2, -0.15) is 0 Å². The van der Waals surface area contributed by atoms with Crippen LogP contribution in [0.4, 0.5) is 0 Å². The van der Waals surface area contributed by atoms with Crippen LogP contribution in [0.5, 0.6) is 0 Å². The number of aromatic nitrogens is 2. The minimum atomic E-state index is 0.174. The molecule has 0 spiro atoms. The number of hydrogen-bond donors (Lipinski definition) is 2. The first-order valence-electron chi connectivity index (χ1n) is 6.03. The number of para-hydroxylation sites is 1. The number of imidazole rings is 1. The number of nitrogens with one attached hydrogen (secondary N) is 2. The predicted molar refractivity (Wildman–Crippen MR) is 70.1 cm³/mol. The summed E-state index contributed by atoms with van der Waals surface area (Å²) in [4.78, 5) is 7.32. The highest BCUT2D eigenvalue weighted by Crippen LogP contribution is 2.19. The molecular weight excluding hydrogens is 226 g/mol. The van der Waals surface area contributed by atoms with Crippen LogP contribution in [0.2, 0.25) is 0 Å². The van der Waals surface area contributed by atoms with Crippen LogP contribution in [0.3, 0.4) is 0 Å². The molecule has 0 bridgehead atoms. The van der Waals surface area contributed by atoms with Crippen molar-refractivity contribution in [1.29, 1.82) is 0 Å². The van der Waals surface area contributed by atoms with E-state index in [4.69, 9.17) is 4.42 Å². The van der Waals surface area contributed by atoms with Crippen molar-refractivity contribution < 1.29 is 4.42 Å². The molecule has 0 fully saturated rings. The van der Waals surface area contributed by atoms with Crippen LogP contribution in [-0.2, 0) is 6.54 Å². The van der Waals surface area contributed by atoms with Crippen molar-refractivity contribution in [1.82, 2.24) is 15.3 Å². The lowest BCUT2D eigenvalue weighted by Gasteiger charge is -2.09. The molecule has 2 N–H and O–H groups in total. The summed E-state index contributed by atoms with van der Waals surface area (Å²) in [6, 6.07) is 10.3. The van der Waals surface area contributed by atoms with Gasteiger partial charge in [-0.3, -0.25) is 0 Å². The normalized spacial score (nSPS) is 12.9. The van der Waals surface area contributed by atoms with Crippen LogP contribution in [0.25, 0.3) is 11.0 Å². The average Bonchev–Trinajstić information content (AvgIpc) is 3.04. The van der Waals surface area contributed by atoms with E-state index in [9.17, 15) is 0 Å². The second-order valence-corrected chi connectivity index (χ2v) is 4.33. The zero-order valence-corrected chi connectivity index (χ0v) is 10.2. The molecule has 0 saturated carbocycles. The van der Waals surface area contributed by atoms with Crippen molar-refractivity contribution in [2.45, 2.75) is 19.5 Å². The largest absolute Gasteiger partial charge is 0.460 e. The van der Waals surface area contributed by atoms with Gasteiger partial charge in [0.05, 0.1) is 12.6 Å². The van der Waals surface area contributed by atoms with E-state index in [0.717, 1.165) is 22.6 Å². The number of hydrogen-bond acceptors (Lipinski definition) is 3. The van der Waals surface area contributed by atoms with Crippen molar-refractivity contribution in [3.8, 4) is 0 Å². The number of benzene rings is 1. The zero-order chi connectivity index (χ0) is 12.4. The summed E-state index contributed by atoms with van der Waals surface area (Å²) in [5.41, 5.74) is 0.931. The van der Waals surface area contributed by atoms with Crippen molar-refractivity contribution in [2.75, 3.05) is 0 Å². The van der Waals surface area contributed by atoms with E-state index < -0.39 is 0 Å². The van der Waals surface area contributed by atoms with Gasteiger partial charge in [-0.15, -0.1) is 0 Å². The first-order valence-corrected chi connectivity index (χ1v) is 6.03. The molecule has 1 unspecified atom stereocenters. The third kappa shape index (κ3) is 2.15. The number of rotatable bonds is 4. The molecule has 1 aromatic carbocycles. The van der Waals surface area contributed by atoms with Gasteiger partial charge < -0.3 is 14.7 Å². The summed E-state index contributed by atoms with van der Waals surface area (Å²) in [6.45, 7) is 2.76. The molecule has 92 valence electrons. The summed E-state index contributed by atoms with van der Waals surface area (Å²) >= 11 is 0. The Balaban J connectivity index is 1.69. The van der Waals surface area contributed by atoms with Gasteiger partial charge >= 0.3 is 0 Å². The molecule has 0 aliphatic rings. The van der Waals surface area contributed by atoms with Gasteiger partial charge in [-0.05, 0) is 19.1 Å². The Morgan fingerprint density at radius 1 is 1.39 bits per heavy atom. The van der Waals surface area contributed by atoms with Gasteiger partial charge in [-0.1, -0.05) is 18.2 Å². The summed E-state index contributed by atoms with van der Waals surface area (Å²) in [5.74, 6) is 1.88. The van der Waals surface area contributed by atoms with Gasteiger partial charge in [0.1, 0.15) is 17.2 Å². The topological polar surface area (TPSA) is 53.9 Å². The Morgan fingerprint density at radius 2 is 2.28 bits per heavy atom. The molecule has 0 radical (unpaired) electrons. The number of aromatic amines is 1. The number of furan rings is 1.